The summed E-state index contributed by atoms with van der Waals surface area (Å²) in [5.74, 6) is 0.985. The molecule has 25 heavy (non-hydrogen) atoms. The molecule has 1 spiro atoms. The first-order chi connectivity index (χ1) is 11.6. The molecule has 2 N–H and O–H groups in total. The smallest absolute Gasteiger partial charge is 0.194 e. The number of guanidine groups is 1. The number of aliphatic imine (C=N–C) groups is 1. The molecule has 4 rings (SSSR count). The lowest BCUT2D eigenvalue weighted by atomic mass is 9.68. The molecule has 1 aromatic carbocycles. The molecule has 138 valence electrons. The number of rotatable bonds is 3. The van der Waals surface area contributed by atoms with Crippen molar-refractivity contribution in [2.45, 2.75) is 51.0 Å². The Morgan fingerprint density at radius 1 is 1.24 bits per heavy atom. The Morgan fingerprint density at radius 3 is 2.72 bits per heavy atom. The van der Waals surface area contributed by atoms with Gasteiger partial charge in [0.15, 0.2) is 5.96 Å². The molecule has 5 heteroatoms. The first kappa shape index (κ1) is 19.0. The molecular weight excluding hydrogens is 425 g/mol. The Labute approximate surface area is 168 Å². The maximum absolute atomic E-state index is 11.1. The maximum atomic E-state index is 11.1. The van der Waals surface area contributed by atoms with Gasteiger partial charge in [-0.05, 0) is 55.6 Å². The standard InChI is InChI=1S/C20H29N3O.HI/c1-2-21-18(23-13-12-19(15-23)9-5-10-19)22-14-20(24)11-8-16-6-3-4-7-17(16)20;/h3-4,6-7,24H,2,5,8-15H2,1H3,(H,21,22);1H. The van der Waals surface area contributed by atoms with E-state index in [0.717, 1.165) is 44.0 Å². The highest BCUT2D eigenvalue weighted by Gasteiger charge is 2.44. The van der Waals surface area contributed by atoms with Gasteiger partial charge in [-0.1, -0.05) is 30.7 Å². The summed E-state index contributed by atoms with van der Waals surface area (Å²) in [5, 5.41) is 14.6. The number of halogens is 1. The van der Waals surface area contributed by atoms with Crippen LogP contribution in [0.2, 0.25) is 0 Å². The van der Waals surface area contributed by atoms with Crippen molar-refractivity contribution >= 4 is 29.9 Å². The Kier molecular flexibility index (Phi) is 5.63. The van der Waals surface area contributed by atoms with Crippen molar-refractivity contribution in [1.82, 2.24) is 10.2 Å². The number of hydrogen-bond donors (Lipinski definition) is 2. The van der Waals surface area contributed by atoms with Crippen LogP contribution in [0, 0.1) is 5.41 Å². The van der Waals surface area contributed by atoms with E-state index in [9.17, 15) is 5.11 Å². The molecule has 1 heterocycles. The summed E-state index contributed by atoms with van der Waals surface area (Å²) in [6, 6.07) is 8.26. The molecule has 2 fully saturated rings. The summed E-state index contributed by atoms with van der Waals surface area (Å²) in [6.45, 7) is 5.67. The van der Waals surface area contributed by atoms with Gasteiger partial charge in [-0.15, -0.1) is 24.0 Å². The molecule has 2 aliphatic carbocycles. The molecule has 1 aliphatic heterocycles. The molecular formula is C20H30IN3O. The van der Waals surface area contributed by atoms with Gasteiger partial charge in [-0.2, -0.15) is 0 Å². The van der Waals surface area contributed by atoms with E-state index in [4.69, 9.17) is 4.99 Å². The van der Waals surface area contributed by atoms with Crippen LogP contribution in [0.25, 0.3) is 0 Å². The van der Waals surface area contributed by atoms with E-state index < -0.39 is 5.60 Å². The van der Waals surface area contributed by atoms with Gasteiger partial charge in [0.1, 0.15) is 5.60 Å². The summed E-state index contributed by atoms with van der Waals surface area (Å²) in [6.07, 6.45) is 7.16. The zero-order chi connectivity index (χ0) is 16.6. The zero-order valence-corrected chi connectivity index (χ0v) is 17.5. The van der Waals surface area contributed by atoms with Crippen LogP contribution >= 0.6 is 24.0 Å². The van der Waals surface area contributed by atoms with Crippen molar-refractivity contribution in [2.75, 3.05) is 26.2 Å². The summed E-state index contributed by atoms with van der Waals surface area (Å²) in [5.41, 5.74) is 2.11. The highest BCUT2D eigenvalue weighted by molar-refractivity contribution is 14.0. The molecule has 1 atom stereocenters. The molecule has 1 unspecified atom stereocenters. The fraction of sp³-hybridized carbons (Fsp3) is 0.650. The molecule has 0 amide bonds. The summed E-state index contributed by atoms with van der Waals surface area (Å²) < 4.78 is 0. The molecule has 0 radical (unpaired) electrons. The Morgan fingerprint density at radius 2 is 2.04 bits per heavy atom. The van der Waals surface area contributed by atoms with E-state index in [1.807, 2.05) is 6.07 Å². The van der Waals surface area contributed by atoms with Gasteiger partial charge in [0, 0.05) is 19.6 Å². The third-order valence-corrected chi connectivity index (χ3v) is 6.30. The van der Waals surface area contributed by atoms with Gasteiger partial charge in [0.25, 0.3) is 0 Å². The van der Waals surface area contributed by atoms with Gasteiger partial charge in [-0.3, -0.25) is 0 Å². The fourth-order valence-electron chi connectivity index (χ4n) is 4.66. The number of fused-ring (bicyclic) bond motifs is 1. The van der Waals surface area contributed by atoms with E-state index in [1.165, 1.54) is 31.2 Å². The van der Waals surface area contributed by atoms with Gasteiger partial charge in [0.05, 0.1) is 6.54 Å². The minimum Gasteiger partial charge on any atom is -0.383 e. The number of benzene rings is 1. The van der Waals surface area contributed by atoms with Crippen molar-refractivity contribution in [3.8, 4) is 0 Å². The third kappa shape index (κ3) is 3.54. The summed E-state index contributed by atoms with van der Waals surface area (Å²) in [7, 11) is 0. The van der Waals surface area contributed by atoms with Crippen molar-refractivity contribution in [2.24, 2.45) is 10.4 Å². The number of hydrogen-bond acceptors (Lipinski definition) is 2. The highest BCUT2D eigenvalue weighted by atomic mass is 127. The lowest BCUT2D eigenvalue weighted by molar-refractivity contribution is 0.0483. The predicted molar refractivity (Wildman–Crippen MR) is 113 cm³/mol. The van der Waals surface area contributed by atoms with E-state index in [-0.39, 0.29) is 24.0 Å². The van der Waals surface area contributed by atoms with Crippen molar-refractivity contribution in [3.05, 3.63) is 35.4 Å². The van der Waals surface area contributed by atoms with Crippen LogP contribution in [0.15, 0.2) is 29.3 Å². The van der Waals surface area contributed by atoms with E-state index in [2.05, 4.69) is 35.3 Å². The normalized spacial score (nSPS) is 27.0. The molecule has 1 saturated carbocycles. The van der Waals surface area contributed by atoms with E-state index >= 15 is 0 Å². The van der Waals surface area contributed by atoms with E-state index in [1.54, 1.807) is 0 Å². The van der Waals surface area contributed by atoms with Crippen LogP contribution in [-0.2, 0) is 12.0 Å². The third-order valence-electron chi connectivity index (χ3n) is 6.30. The van der Waals surface area contributed by atoms with Gasteiger partial charge < -0.3 is 15.3 Å². The first-order valence-corrected chi connectivity index (χ1v) is 9.48. The highest BCUT2D eigenvalue weighted by Crippen LogP contribution is 2.48. The number of nitrogens with zero attached hydrogens (tertiary/aromatic N) is 2. The molecule has 1 aromatic rings. The lowest BCUT2D eigenvalue weighted by Gasteiger charge is -2.38. The number of aryl methyl sites for hydroxylation is 1. The number of nitrogens with one attached hydrogen (secondary N) is 1. The van der Waals surface area contributed by atoms with Crippen molar-refractivity contribution < 1.29 is 5.11 Å². The summed E-state index contributed by atoms with van der Waals surface area (Å²) >= 11 is 0. The Balaban J connectivity index is 0.00000182. The van der Waals surface area contributed by atoms with Crippen molar-refractivity contribution in [1.29, 1.82) is 0 Å². The zero-order valence-electron chi connectivity index (χ0n) is 15.1. The monoisotopic (exact) mass is 455 g/mol. The van der Waals surface area contributed by atoms with Crippen LogP contribution in [0.5, 0.6) is 0 Å². The van der Waals surface area contributed by atoms with Crippen LogP contribution in [0.1, 0.15) is 50.2 Å². The largest absolute Gasteiger partial charge is 0.383 e. The maximum Gasteiger partial charge on any atom is 0.194 e. The number of aliphatic hydroxyl groups is 1. The average molecular weight is 455 g/mol. The topological polar surface area (TPSA) is 47.9 Å². The summed E-state index contributed by atoms with van der Waals surface area (Å²) in [4.78, 5) is 7.26. The van der Waals surface area contributed by atoms with Gasteiger partial charge >= 0.3 is 0 Å². The van der Waals surface area contributed by atoms with Crippen molar-refractivity contribution in [3.63, 3.8) is 0 Å². The molecule has 4 nitrogen and oxygen atoms in total. The molecule has 0 bridgehead atoms. The Bertz CT molecular complexity index is 644. The average Bonchev–Trinajstić information content (AvgIpc) is 3.15. The predicted octanol–water partition coefficient (Wildman–Crippen LogP) is 3.28. The SMILES string of the molecule is CCNC(=NCC1(O)CCc2ccccc21)N1CCC2(CCC2)C1.I. The lowest BCUT2D eigenvalue weighted by Crippen LogP contribution is -2.43. The Hall–Kier alpha value is -0.820. The second-order valence-electron chi connectivity index (χ2n) is 7.88. The second-order valence-corrected chi connectivity index (χ2v) is 7.88. The van der Waals surface area contributed by atoms with Crippen LogP contribution in [-0.4, -0.2) is 42.1 Å². The molecule has 0 aromatic heterocycles. The quantitative estimate of drug-likeness (QED) is 0.418. The second kappa shape index (κ2) is 7.43. The minimum absolute atomic E-state index is 0. The van der Waals surface area contributed by atoms with Crippen LogP contribution in [0.4, 0.5) is 0 Å². The number of likely N-dealkylation sites (tertiary alicyclic amines) is 1. The van der Waals surface area contributed by atoms with Crippen LogP contribution in [0.3, 0.4) is 0 Å². The van der Waals surface area contributed by atoms with Gasteiger partial charge in [0.2, 0.25) is 0 Å². The minimum atomic E-state index is -0.800. The van der Waals surface area contributed by atoms with Gasteiger partial charge in [-0.25, -0.2) is 4.99 Å². The van der Waals surface area contributed by atoms with E-state index in [0.29, 0.717) is 12.0 Å². The molecule has 1 saturated heterocycles. The first-order valence-electron chi connectivity index (χ1n) is 9.48. The van der Waals surface area contributed by atoms with Crippen LogP contribution < -0.4 is 5.32 Å². The fourth-order valence-corrected chi connectivity index (χ4v) is 4.66. The molecule has 3 aliphatic rings.